The van der Waals surface area contributed by atoms with Gasteiger partial charge in [-0.25, -0.2) is 4.79 Å². The minimum atomic E-state index is -0.499. The minimum Gasteiger partial charge on any atom is -0.444 e. The lowest BCUT2D eigenvalue weighted by atomic mass is 9.97. The summed E-state index contributed by atoms with van der Waals surface area (Å²) in [5, 5.41) is 9.51. The molecule has 3 aromatic rings. The summed E-state index contributed by atoms with van der Waals surface area (Å²) in [5.41, 5.74) is 0.295. The first kappa shape index (κ1) is 23.2. The summed E-state index contributed by atoms with van der Waals surface area (Å²) in [5.74, 6) is 1.76. The standard InChI is InChI=1S/C24H34N6O3/c1-6-29-21(31)18-11-7-8-12-19(18)30-20(25-26-22(29)30)16-28-13-9-10-17(15-28)14-27(5)23(32)33-24(2,3)4/h7-8,11-12,17H,6,9-10,13-16H2,1-5H3. The van der Waals surface area contributed by atoms with Gasteiger partial charge in [-0.15, -0.1) is 10.2 Å². The van der Waals surface area contributed by atoms with Crippen LogP contribution in [0.25, 0.3) is 16.7 Å². The lowest BCUT2D eigenvalue weighted by Gasteiger charge is -2.34. The molecular formula is C24H34N6O3. The number of ether oxygens (including phenoxy) is 1. The lowest BCUT2D eigenvalue weighted by molar-refractivity contribution is 0.0240. The average molecular weight is 455 g/mol. The van der Waals surface area contributed by atoms with Gasteiger partial charge in [0.15, 0.2) is 5.82 Å². The maximum absolute atomic E-state index is 12.9. The third-order valence-corrected chi connectivity index (χ3v) is 6.10. The second-order valence-electron chi connectivity index (χ2n) is 9.92. The zero-order valence-corrected chi connectivity index (χ0v) is 20.2. The van der Waals surface area contributed by atoms with E-state index in [0.717, 1.165) is 37.3 Å². The van der Waals surface area contributed by atoms with Gasteiger partial charge in [-0.3, -0.25) is 18.7 Å². The molecule has 3 heterocycles. The Morgan fingerprint density at radius 3 is 2.73 bits per heavy atom. The van der Waals surface area contributed by atoms with Crippen LogP contribution in [0.4, 0.5) is 4.79 Å². The van der Waals surface area contributed by atoms with Crippen molar-refractivity contribution in [3.63, 3.8) is 0 Å². The van der Waals surface area contributed by atoms with E-state index < -0.39 is 5.60 Å². The maximum atomic E-state index is 12.9. The molecule has 1 amide bonds. The topological polar surface area (TPSA) is 85.0 Å². The van der Waals surface area contributed by atoms with Crippen LogP contribution >= 0.6 is 0 Å². The molecule has 0 spiro atoms. The van der Waals surface area contributed by atoms with Gasteiger partial charge in [0, 0.05) is 26.7 Å². The molecule has 0 aliphatic carbocycles. The Hall–Kier alpha value is -2.94. The predicted octanol–water partition coefficient (Wildman–Crippen LogP) is 3.14. The Morgan fingerprint density at radius 1 is 1.24 bits per heavy atom. The Kier molecular flexibility index (Phi) is 6.43. The first-order valence-electron chi connectivity index (χ1n) is 11.7. The summed E-state index contributed by atoms with van der Waals surface area (Å²) in [6.45, 7) is 11.3. The Morgan fingerprint density at radius 2 is 2.00 bits per heavy atom. The van der Waals surface area contributed by atoms with E-state index in [0.29, 0.717) is 36.7 Å². The molecule has 1 atom stereocenters. The lowest BCUT2D eigenvalue weighted by Crippen LogP contribution is -2.42. The van der Waals surface area contributed by atoms with Crippen molar-refractivity contribution < 1.29 is 9.53 Å². The summed E-state index contributed by atoms with van der Waals surface area (Å²) in [6.07, 6.45) is 1.85. The monoisotopic (exact) mass is 454 g/mol. The summed E-state index contributed by atoms with van der Waals surface area (Å²) >= 11 is 0. The molecule has 9 heteroatoms. The molecule has 1 fully saturated rings. The van der Waals surface area contributed by atoms with Crippen LogP contribution in [0.3, 0.4) is 0 Å². The van der Waals surface area contributed by atoms with Gasteiger partial charge in [-0.2, -0.15) is 0 Å². The molecule has 1 aliphatic heterocycles. The molecular weight excluding hydrogens is 420 g/mol. The fourth-order valence-electron chi connectivity index (χ4n) is 4.65. The summed E-state index contributed by atoms with van der Waals surface area (Å²) in [7, 11) is 1.80. The number of likely N-dealkylation sites (tertiary alicyclic amines) is 1. The zero-order chi connectivity index (χ0) is 23.8. The van der Waals surface area contributed by atoms with E-state index in [-0.39, 0.29) is 11.7 Å². The van der Waals surface area contributed by atoms with Crippen LogP contribution in [0, 0.1) is 5.92 Å². The van der Waals surface area contributed by atoms with E-state index in [1.165, 1.54) is 0 Å². The molecule has 0 saturated carbocycles. The second kappa shape index (κ2) is 9.13. The van der Waals surface area contributed by atoms with Crippen molar-refractivity contribution in [2.24, 2.45) is 5.92 Å². The van der Waals surface area contributed by atoms with Gasteiger partial charge < -0.3 is 9.64 Å². The van der Waals surface area contributed by atoms with E-state index in [1.807, 2.05) is 56.4 Å². The molecule has 1 aliphatic rings. The van der Waals surface area contributed by atoms with Crippen molar-refractivity contribution in [3.05, 3.63) is 40.4 Å². The van der Waals surface area contributed by atoms with Gasteiger partial charge in [0.05, 0.1) is 17.4 Å². The highest BCUT2D eigenvalue weighted by Crippen LogP contribution is 2.21. The molecule has 178 valence electrons. The third kappa shape index (κ3) is 4.88. The molecule has 2 aromatic heterocycles. The van der Waals surface area contributed by atoms with Gasteiger partial charge in [0.2, 0.25) is 5.78 Å². The molecule has 1 saturated heterocycles. The van der Waals surface area contributed by atoms with Crippen molar-refractivity contribution in [1.29, 1.82) is 0 Å². The molecule has 33 heavy (non-hydrogen) atoms. The van der Waals surface area contributed by atoms with Crippen molar-refractivity contribution in [1.82, 2.24) is 29.0 Å². The molecule has 4 rings (SSSR count). The fraction of sp³-hybridized carbons (Fsp3) is 0.583. The number of para-hydroxylation sites is 1. The van der Waals surface area contributed by atoms with Gasteiger partial charge in [0.1, 0.15) is 5.60 Å². The summed E-state index contributed by atoms with van der Waals surface area (Å²) in [6, 6.07) is 7.63. The predicted molar refractivity (Wildman–Crippen MR) is 127 cm³/mol. The number of fused-ring (bicyclic) bond motifs is 3. The highest BCUT2D eigenvalue weighted by molar-refractivity contribution is 5.80. The van der Waals surface area contributed by atoms with Gasteiger partial charge in [-0.1, -0.05) is 12.1 Å². The highest BCUT2D eigenvalue weighted by Gasteiger charge is 2.26. The van der Waals surface area contributed by atoms with Crippen LogP contribution in [0.5, 0.6) is 0 Å². The number of hydrogen-bond acceptors (Lipinski definition) is 6. The van der Waals surface area contributed by atoms with Crippen molar-refractivity contribution in [3.8, 4) is 0 Å². The summed E-state index contributed by atoms with van der Waals surface area (Å²) < 4.78 is 9.18. The van der Waals surface area contributed by atoms with Gasteiger partial charge in [0.25, 0.3) is 5.56 Å². The first-order valence-corrected chi connectivity index (χ1v) is 11.7. The van der Waals surface area contributed by atoms with Crippen LogP contribution < -0.4 is 5.56 Å². The van der Waals surface area contributed by atoms with Gasteiger partial charge in [-0.05, 0) is 65.1 Å². The van der Waals surface area contributed by atoms with Crippen LogP contribution in [-0.2, 0) is 17.8 Å². The van der Waals surface area contributed by atoms with Crippen LogP contribution in [-0.4, -0.2) is 67.3 Å². The number of amides is 1. The number of piperidine rings is 1. The molecule has 9 nitrogen and oxygen atoms in total. The van der Waals surface area contributed by atoms with Crippen LogP contribution in [0.1, 0.15) is 46.4 Å². The number of nitrogens with zero attached hydrogens (tertiary/aromatic N) is 6. The van der Waals surface area contributed by atoms with Crippen molar-refractivity contribution in [2.45, 2.75) is 59.2 Å². The average Bonchev–Trinajstić information content (AvgIpc) is 3.16. The number of aryl methyl sites for hydroxylation is 1. The van der Waals surface area contributed by atoms with E-state index in [9.17, 15) is 9.59 Å². The van der Waals surface area contributed by atoms with E-state index in [1.54, 1.807) is 16.5 Å². The van der Waals surface area contributed by atoms with E-state index in [2.05, 4.69) is 15.1 Å². The number of aromatic nitrogens is 4. The molecule has 0 bridgehead atoms. The Labute approximate surface area is 193 Å². The minimum absolute atomic E-state index is 0.0391. The Bertz CT molecular complexity index is 1210. The highest BCUT2D eigenvalue weighted by atomic mass is 16.6. The van der Waals surface area contributed by atoms with E-state index in [4.69, 9.17) is 4.74 Å². The number of rotatable bonds is 5. The normalized spacial score (nSPS) is 17.5. The van der Waals surface area contributed by atoms with Gasteiger partial charge >= 0.3 is 6.09 Å². The second-order valence-corrected chi connectivity index (χ2v) is 9.92. The SMILES string of the molecule is CCn1c(=O)c2ccccc2n2c(CN3CCCC(CN(C)C(=O)OC(C)(C)C)C3)nnc12. The smallest absolute Gasteiger partial charge is 0.410 e. The zero-order valence-electron chi connectivity index (χ0n) is 20.2. The molecule has 1 unspecified atom stereocenters. The largest absolute Gasteiger partial charge is 0.444 e. The number of benzene rings is 1. The van der Waals surface area contributed by atoms with Crippen molar-refractivity contribution in [2.75, 3.05) is 26.7 Å². The summed E-state index contributed by atoms with van der Waals surface area (Å²) in [4.78, 5) is 29.3. The van der Waals surface area contributed by atoms with E-state index >= 15 is 0 Å². The molecule has 0 radical (unpaired) electrons. The maximum Gasteiger partial charge on any atom is 0.410 e. The Balaban J connectivity index is 1.54. The molecule has 1 aromatic carbocycles. The fourth-order valence-corrected chi connectivity index (χ4v) is 4.65. The van der Waals surface area contributed by atoms with Crippen LogP contribution in [0.15, 0.2) is 29.1 Å². The third-order valence-electron chi connectivity index (χ3n) is 6.10. The number of carbonyl (C=O) groups excluding carboxylic acids is 1. The van der Waals surface area contributed by atoms with Crippen molar-refractivity contribution >= 4 is 22.8 Å². The quantitative estimate of drug-likeness (QED) is 0.589. The number of carbonyl (C=O) groups is 1. The van der Waals surface area contributed by atoms with Crippen LogP contribution in [0.2, 0.25) is 0 Å². The number of hydrogen-bond donors (Lipinski definition) is 0. The first-order chi connectivity index (χ1) is 15.7. The molecule has 0 N–H and O–H groups in total.